The average Bonchev–Trinajstić information content (AvgIpc) is 3.60. The van der Waals surface area contributed by atoms with Crippen molar-refractivity contribution in [1.29, 1.82) is 0 Å². The van der Waals surface area contributed by atoms with Crippen LogP contribution in [-0.4, -0.2) is 36.9 Å². The smallest absolute Gasteiger partial charge is 0.315 e. The number of H-pyrrole nitrogens is 1. The molecule has 0 aliphatic rings. The summed E-state index contributed by atoms with van der Waals surface area (Å²) in [5.74, 6) is -0.863. The van der Waals surface area contributed by atoms with Crippen LogP contribution in [0.2, 0.25) is 5.02 Å². The highest BCUT2D eigenvalue weighted by Gasteiger charge is 2.24. The minimum Gasteiger partial charge on any atom is -0.344 e. The monoisotopic (exact) mass is 573 g/mol. The van der Waals surface area contributed by atoms with E-state index < -0.39 is 17.6 Å². The number of imidazole rings is 1. The number of halogens is 2. The van der Waals surface area contributed by atoms with Crippen LogP contribution in [0, 0.1) is 5.82 Å². The molecular weight excluding hydrogens is 549 g/mol. The predicted molar refractivity (Wildman–Crippen MR) is 153 cm³/mol. The standard InChI is InChI=1S/C29H25ClFN7O3/c1-5-22(39)34-21-13-17(30)8-9-19(21)24-35-23-18(10-11-32-25(23)36-24)15-6-7-16(20(31)12-15)14-33-26(40)27-37-28(38-41-27)29(2,3)4/h5-13H,1,14H2,2-4H3,(H,33,40)(H,34,39)(H,32,35,36). The normalized spacial score (nSPS) is 11.4. The van der Waals surface area contributed by atoms with E-state index in [0.29, 0.717) is 50.2 Å². The molecule has 2 aromatic carbocycles. The molecule has 2 amide bonds. The lowest BCUT2D eigenvalue weighted by atomic mass is 9.96. The van der Waals surface area contributed by atoms with Crippen molar-refractivity contribution in [3.63, 3.8) is 0 Å². The number of benzene rings is 2. The number of amides is 2. The van der Waals surface area contributed by atoms with Crippen molar-refractivity contribution in [2.45, 2.75) is 32.7 Å². The maximum absolute atomic E-state index is 15.2. The van der Waals surface area contributed by atoms with E-state index in [1.54, 1.807) is 42.6 Å². The van der Waals surface area contributed by atoms with Gasteiger partial charge in [0, 0.05) is 39.9 Å². The Kier molecular flexibility index (Phi) is 7.38. The Morgan fingerprint density at radius 1 is 1.12 bits per heavy atom. The van der Waals surface area contributed by atoms with Crippen LogP contribution in [0.15, 0.2) is 65.8 Å². The first kappa shape index (κ1) is 27.7. The van der Waals surface area contributed by atoms with E-state index in [1.807, 2.05) is 20.8 Å². The van der Waals surface area contributed by atoms with E-state index in [2.05, 4.69) is 37.3 Å². The van der Waals surface area contributed by atoms with Crippen LogP contribution in [0.25, 0.3) is 33.7 Å². The van der Waals surface area contributed by atoms with Gasteiger partial charge < -0.3 is 20.1 Å². The van der Waals surface area contributed by atoms with Gasteiger partial charge in [-0.3, -0.25) is 9.59 Å². The van der Waals surface area contributed by atoms with Crippen LogP contribution in [-0.2, 0) is 16.8 Å². The van der Waals surface area contributed by atoms with E-state index in [1.165, 1.54) is 6.07 Å². The summed E-state index contributed by atoms with van der Waals surface area (Å²) in [5, 5.41) is 9.60. The van der Waals surface area contributed by atoms with Crippen molar-refractivity contribution in [2.75, 3.05) is 5.32 Å². The summed E-state index contributed by atoms with van der Waals surface area (Å²) < 4.78 is 20.2. The largest absolute Gasteiger partial charge is 0.344 e. The van der Waals surface area contributed by atoms with Gasteiger partial charge in [-0.2, -0.15) is 4.98 Å². The summed E-state index contributed by atoms with van der Waals surface area (Å²) in [6, 6.07) is 11.4. The molecule has 5 aromatic rings. The zero-order valence-corrected chi connectivity index (χ0v) is 23.1. The van der Waals surface area contributed by atoms with Crippen molar-refractivity contribution < 1.29 is 18.5 Å². The molecule has 0 bridgehead atoms. The number of nitrogens with zero attached hydrogens (tertiary/aromatic N) is 4. The van der Waals surface area contributed by atoms with Crippen molar-refractivity contribution in [1.82, 2.24) is 30.4 Å². The summed E-state index contributed by atoms with van der Waals surface area (Å²) in [4.78, 5) is 40.8. The third kappa shape index (κ3) is 5.85. The Bertz CT molecular complexity index is 1810. The zero-order chi connectivity index (χ0) is 29.3. The summed E-state index contributed by atoms with van der Waals surface area (Å²) in [7, 11) is 0. The van der Waals surface area contributed by atoms with Crippen molar-refractivity contribution in [3.05, 3.63) is 89.4 Å². The Morgan fingerprint density at radius 3 is 2.63 bits per heavy atom. The van der Waals surface area contributed by atoms with E-state index in [0.717, 1.165) is 6.08 Å². The average molecular weight is 574 g/mol. The number of carbonyl (C=O) groups is 2. The quantitative estimate of drug-likeness (QED) is 0.208. The topological polar surface area (TPSA) is 139 Å². The lowest BCUT2D eigenvalue weighted by molar-refractivity contribution is -0.111. The van der Waals surface area contributed by atoms with Gasteiger partial charge in [0.25, 0.3) is 0 Å². The number of anilines is 1. The molecule has 3 aromatic heterocycles. The van der Waals surface area contributed by atoms with Crippen LogP contribution in [0.4, 0.5) is 10.1 Å². The minimum absolute atomic E-state index is 0.0771. The Hall–Kier alpha value is -4.90. The summed E-state index contributed by atoms with van der Waals surface area (Å²) in [6.07, 6.45) is 2.74. The fourth-order valence-electron chi connectivity index (χ4n) is 4.01. The first-order valence-electron chi connectivity index (χ1n) is 12.5. The molecule has 41 heavy (non-hydrogen) atoms. The van der Waals surface area contributed by atoms with Crippen molar-refractivity contribution in [3.8, 4) is 22.5 Å². The van der Waals surface area contributed by atoms with Gasteiger partial charge in [0.05, 0.1) is 5.69 Å². The van der Waals surface area contributed by atoms with E-state index in [4.69, 9.17) is 21.1 Å². The summed E-state index contributed by atoms with van der Waals surface area (Å²) in [5.41, 5.74) is 3.09. The molecule has 0 radical (unpaired) electrons. The minimum atomic E-state index is -0.595. The van der Waals surface area contributed by atoms with Crippen LogP contribution in [0.5, 0.6) is 0 Å². The first-order valence-corrected chi connectivity index (χ1v) is 12.9. The molecule has 3 N–H and O–H groups in total. The van der Waals surface area contributed by atoms with E-state index in [9.17, 15) is 9.59 Å². The van der Waals surface area contributed by atoms with Crippen LogP contribution >= 0.6 is 11.6 Å². The number of fused-ring (bicyclic) bond motifs is 1. The number of aromatic nitrogens is 5. The van der Waals surface area contributed by atoms with Gasteiger partial charge in [-0.15, -0.1) is 0 Å². The summed E-state index contributed by atoms with van der Waals surface area (Å²) in [6.45, 7) is 9.10. The predicted octanol–water partition coefficient (Wildman–Crippen LogP) is 5.82. The lowest BCUT2D eigenvalue weighted by Gasteiger charge is -2.10. The van der Waals surface area contributed by atoms with Crippen LogP contribution < -0.4 is 10.6 Å². The number of pyridine rings is 1. The molecule has 10 nitrogen and oxygen atoms in total. The van der Waals surface area contributed by atoms with E-state index >= 15 is 4.39 Å². The first-order chi connectivity index (χ1) is 19.5. The Labute approximate surface area is 239 Å². The van der Waals surface area contributed by atoms with Gasteiger partial charge in [-0.1, -0.05) is 56.2 Å². The molecule has 12 heteroatoms. The highest BCUT2D eigenvalue weighted by Crippen LogP contribution is 2.33. The second-order valence-corrected chi connectivity index (χ2v) is 10.6. The molecule has 0 saturated carbocycles. The number of rotatable bonds is 7. The molecule has 0 spiro atoms. The number of aromatic amines is 1. The molecule has 5 rings (SSSR count). The van der Waals surface area contributed by atoms with Crippen LogP contribution in [0.1, 0.15) is 42.8 Å². The Balaban J connectivity index is 1.40. The van der Waals surface area contributed by atoms with Crippen LogP contribution in [0.3, 0.4) is 0 Å². The second kappa shape index (κ2) is 10.9. The Morgan fingerprint density at radius 2 is 1.93 bits per heavy atom. The van der Waals surface area contributed by atoms with Gasteiger partial charge in [0.2, 0.25) is 5.91 Å². The van der Waals surface area contributed by atoms with Gasteiger partial charge in [0.1, 0.15) is 17.2 Å². The number of nitrogens with one attached hydrogen (secondary N) is 3. The molecule has 208 valence electrons. The molecule has 0 saturated heterocycles. The zero-order valence-electron chi connectivity index (χ0n) is 22.4. The SMILES string of the molecule is C=CC(=O)Nc1cc(Cl)ccc1-c1nc2c(-c3ccc(CNC(=O)c4nc(C(C)(C)C)no4)c(F)c3)ccnc2[nH]1. The third-order valence-corrected chi connectivity index (χ3v) is 6.39. The van der Waals surface area contributed by atoms with Gasteiger partial charge in [-0.25, -0.2) is 14.4 Å². The maximum Gasteiger partial charge on any atom is 0.315 e. The lowest BCUT2D eigenvalue weighted by Crippen LogP contribution is -2.24. The molecule has 0 aliphatic heterocycles. The third-order valence-electron chi connectivity index (χ3n) is 6.16. The molecule has 0 aliphatic carbocycles. The molecular formula is C29H25ClFN7O3. The number of carbonyl (C=O) groups excluding carboxylic acids is 2. The molecule has 3 heterocycles. The summed E-state index contributed by atoms with van der Waals surface area (Å²) >= 11 is 6.14. The molecule has 0 atom stereocenters. The van der Waals surface area contributed by atoms with Crippen molar-refractivity contribution in [2.24, 2.45) is 0 Å². The fourth-order valence-corrected chi connectivity index (χ4v) is 4.18. The van der Waals surface area contributed by atoms with Gasteiger partial charge in [0.15, 0.2) is 11.5 Å². The molecule has 0 unspecified atom stereocenters. The maximum atomic E-state index is 15.2. The second-order valence-electron chi connectivity index (χ2n) is 10.2. The highest BCUT2D eigenvalue weighted by molar-refractivity contribution is 6.31. The van der Waals surface area contributed by atoms with E-state index in [-0.39, 0.29) is 23.4 Å². The number of hydrogen-bond donors (Lipinski definition) is 3. The number of hydrogen-bond acceptors (Lipinski definition) is 7. The van der Waals surface area contributed by atoms with Gasteiger partial charge in [-0.05, 0) is 42.0 Å². The molecule has 0 fully saturated rings. The van der Waals surface area contributed by atoms with Crippen molar-refractivity contribution >= 4 is 40.3 Å². The highest BCUT2D eigenvalue weighted by atomic mass is 35.5. The van der Waals surface area contributed by atoms with Gasteiger partial charge >= 0.3 is 11.8 Å². The fraction of sp³-hybridized carbons (Fsp3) is 0.172.